The van der Waals surface area contributed by atoms with Crippen LogP contribution in [0.15, 0.2) is 23.1 Å². The molecule has 2 N–H and O–H groups in total. The standard InChI is InChI=1S/C13H19NO3S/c1-5-18-11-8-9(15)6-7-10(11)14-12(16)17-13(2,3)4/h6-8,15H,5H2,1-4H3,(H,14,16). The Kier molecular flexibility index (Phi) is 4.90. The molecule has 1 aromatic carbocycles. The zero-order valence-electron chi connectivity index (χ0n) is 11.1. The van der Waals surface area contributed by atoms with Gasteiger partial charge in [0.05, 0.1) is 5.69 Å². The van der Waals surface area contributed by atoms with Gasteiger partial charge in [0, 0.05) is 4.90 Å². The second-order valence-corrected chi connectivity index (χ2v) is 6.05. The normalized spacial score (nSPS) is 11.1. The molecular weight excluding hydrogens is 250 g/mol. The van der Waals surface area contributed by atoms with Gasteiger partial charge in [0.25, 0.3) is 0 Å². The summed E-state index contributed by atoms with van der Waals surface area (Å²) >= 11 is 1.55. The van der Waals surface area contributed by atoms with Gasteiger partial charge in [0.2, 0.25) is 0 Å². The van der Waals surface area contributed by atoms with Gasteiger partial charge in [-0.1, -0.05) is 6.92 Å². The molecule has 0 aromatic heterocycles. The van der Waals surface area contributed by atoms with Gasteiger partial charge in [-0.3, -0.25) is 5.32 Å². The molecule has 4 nitrogen and oxygen atoms in total. The molecule has 1 aromatic rings. The van der Waals surface area contributed by atoms with Crippen molar-refractivity contribution in [1.29, 1.82) is 0 Å². The van der Waals surface area contributed by atoms with Gasteiger partial charge in [0.15, 0.2) is 0 Å². The topological polar surface area (TPSA) is 58.6 Å². The molecule has 0 unspecified atom stereocenters. The molecule has 1 amide bonds. The van der Waals surface area contributed by atoms with Crippen molar-refractivity contribution < 1.29 is 14.6 Å². The number of nitrogens with one attached hydrogen (secondary N) is 1. The molecule has 18 heavy (non-hydrogen) atoms. The molecule has 0 aliphatic rings. The number of aromatic hydroxyl groups is 1. The number of benzene rings is 1. The molecule has 0 radical (unpaired) electrons. The van der Waals surface area contributed by atoms with Crippen LogP contribution in [0.1, 0.15) is 27.7 Å². The van der Waals surface area contributed by atoms with Gasteiger partial charge in [-0.25, -0.2) is 4.79 Å². The van der Waals surface area contributed by atoms with Crippen LogP contribution in [0.3, 0.4) is 0 Å². The molecule has 5 heteroatoms. The summed E-state index contributed by atoms with van der Waals surface area (Å²) in [7, 11) is 0. The number of carbonyl (C=O) groups is 1. The van der Waals surface area contributed by atoms with Crippen molar-refractivity contribution in [2.24, 2.45) is 0 Å². The summed E-state index contributed by atoms with van der Waals surface area (Å²) in [5, 5.41) is 12.1. The van der Waals surface area contributed by atoms with E-state index in [1.54, 1.807) is 23.9 Å². The Morgan fingerprint density at radius 3 is 2.67 bits per heavy atom. The van der Waals surface area contributed by atoms with Crippen LogP contribution in [0.25, 0.3) is 0 Å². The van der Waals surface area contributed by atoms with Crippen LogP contribution < -0.4 is 5.32 Å². The predicted molar refractivity (Wildman–Crippen MR) is 74.4 cm³/mol. The Bertz CT molecular complexity index is 427. The third-order valence-electron chi connectivity index (χ3n) is 1.90. The molecule has 0 spiro atoms. The number of anilines is 1. The lowest BCUT2D eigenvalue weighted by molar-refractivity contribution is 0.0635. The van der Waals surface area contributed by atoms with E-state index in [0.29, 0.717) is 5.69 Å². The molecular formula is C13H19NO3S. The number of hydrogen-bond acceptors (Lipinski definition) is 4. The van der Waals surface area contributed by atoms with E-state index in [0.717, 1.165) is 10.6 Å². The summed E-state index contributed by atoms with van der Waals surface area (Å²) < 4.78 is 5.18. The van der Waals surface area contributed by atoms with Gasteiger partial charge in [-0.2, -0.15) is 0 Å². The van der Waals surface area contributed by atoms with E-state index in [-0.39, 0.29) is 5.75 Å². The number of amides is 1. The molecule has 0 fully saturated rings. The fraction of sp³-hybridized carbons (Fsp3) is 0.462. The van der Waals surface area contributed by atoms with E-state index in [1.807, 2.05) is 27.7 Å². The average Bonchev–Trinajstić information content (AvgIpc) is 2.20. The van der Waals surface area contributed by atoms with E-state index >= 15 is 0 Å². The number of phenolic OH excluding ortho intramolecular Hbond substituents is 1. The summed E-state index contributed by atoms with van der Waals surface area (Å²) in [6.07, 6.45) is -0.494. The zero-order valence-corrected chi connectivity index (χ0v) is 11.9. The number of thioether (sulfide) groups is 1. The molecule has 0 atom stereocenters. The first-order valence-electron chi connectivity index (χ1n) is 5.77. The van der Waals surface area contributed by atoms with Gasteiger partial charge in [-0.05, 0) is 44.7 Å². The number of rotatable bonds is 3. The first kappa shape index (κ1) is 14.7. The highest BCUT2D eigenvalue weighted by atomic mass is 32.2. The molecule has 0 aliphatic carbocycles. The van der Waals surface area contributed by atoms with Gasteiger partial charge in [-0.15, -0.1) is 11.8 Å². The Balaban J connectivity index is 2.80. The molecule has 1 rings (SSSR count). The van der Waals surface area contributed by atoms with E-state index in [4.69, 9.17) is 4.74 Å². The summed E-state index contributed by atoms with van der Waals surface area (Å²) in [5.41, 5.74) is 0.118. The van der Waals surface area contributed by atoms with E-state index in [1.165, 1.54) is 6.07 Å². The monoisotopic (exact) mass is 269 g/mol. The number of carbonyl (C=O) groups excluding carboxylic acids is 1. The smallest absolute Gasteiger partial charge is 0.412 e. The third-order valence-corrected chi connectivity index (χ3v) is 2.84. The molecule has 0 bridgehead atoms. The second kappa shape index (κ2) is 6.00. The maximum Gasteiger partial charge on any atom is 0.412 e. The fourth-order valence-corrected chi connectivity index (χ4v) is 2.09. The van der Waals surface area contributed by atoms with Crippen molar-refractivity contribution in [1.82, 2.24) is 0 Å². The van der Waals surface area contributed by atoms with Gasteiger partial charge < -0.3 is 9.84 Å². The first-order valence-corrected chi connectivity index (χ1v) is 6.76. The van der Waals surface area contributed by atoms with Crippen LogP contribution in [0, 0.1) is 0 Å². The third kappa shape index (κ3) is 4.87. The van der Waals surface area contributed by atoms with Crippen molar-refractivity contribution in [3.8, 4) is 5.75 Å². The van der Waals surface area contributed by atoms with Crippen LogP contribution in [0.5, 0.6) is 5.75 Å². The van der Waals surface area contributed by atoms with Crippen molar-refractivity contribution in [3.63, 3.8) is 0 Å². The predicted octanol–water partition coefficient (Wildman–Crippen LogP) is 3.85. The Hall–Kier alpha value is -1.36. The van der Waals surface area contributed by atoms with E-state index < -0.39 is 11.7 Å². The SMILES string of the molecule is CCSc1cc(O)ccc1NC(=O)OC(C)(C)C. The lowest BCUT2D eigenvalue weighted by Gasteiger charge is -2.20. The minimum absolute atomic E-state index is 0.181. The quantitative estimate of drug-likeness (QED) is 0.646. The average molecular weight is 269 g/mol. The number of hydrogen-bond donors (Lipinski definition) is 2. The summed E-state index contributed by atoms with van der Waals surface area (Å²) in [6, 6.07) is 4.82. The molecule has 0 saturated carbocycles. The fourth-order valence-electron chi connectivity index (χ4n) is 1.30. The molecule has 100 valence electrons. The van der Waals surface area contributed by atoms with Crippen molar-refractivity contribution >= 4 is 23.5 Å². The Labute approximate surface area is 112 Å². The van der Waals surface area contributed by atoms with Crippen LogP contribution >= 0.6 is 11.8 Å². The van der Waals surface area contributed by atoms with Crippen LogP contribution in [0.2, 0.25) is 0 Å². The molecule has 0 heterocycles. The van der Waals surface area contributed by atoms with Crippen molar-refractivity contribution in [2.45, 2.75) is 38.2 Å². The number of ether oxygens (including phenoxy) is 1. The maximum atomic E-state index is 11.7. The summed E-state index contributed by atoms with van der Waals surface area (Å²) in [6.45, 7) is 7.44. The second-order valence-electron chi connectivity index (χ2n) is 4.74. The van der Waals surface area contributed by atoms with E-state index in [2.05, 4.69) is 5.32 Å². The lowest BCUT2D eigenvalue weighted by atomic mass is 10.2. The molecule has 0 saturated heterocycles. The first-order chi connectivity index (χ1) is 8.31. The molecule has 0 aliphatic heterocycles. The minimum atomic E-state index is -0.529. The van der Waals surface area contributed by atoms with Crippen LogP contribution in [0.4, 0.5) is 10.5 Å². The zero-order chi connectivity index (χ0) is 13.8. The largest absolute Gasteiger partial charge is 0.508 e. The van der Waals surface area contributed by atoms with Crippen molar-refractivity contribution in [2.75, 3.05) is 11.1 Å². The Morgan fingerprint density at radius 2 is 2.11 bits per heavy atom. The maximum absolute atomic E-state index is 11.7. The highest BCUT2D eigenvalue weighted by Gasteiger charge is 2.17. The summed E-state index contributed by atoms with van der Waals surface area (Å²) in [4.78, 5) is 12.5. The van der Waals surface area contributed by atoms with Crippen LogP contribution in [-0.2, 0) is 4.74 Å². The van der Waals surface area contributed by atoms with Gasteiger partial charge in [0.1, 0.15) is 11.4 Å². The van der Waals surface area contributed by atoms with E-state index in [9.17, 15) is 9.90 Å². The highest BCUT2D eigenvalue weighted by molar-refractivity contribution is 7.99. The highest BCUT2D eigenvalue weighted by Crippen LogP contribution is 2.30. The Morgan fingerprint density at radius 1 is 1.44 bits per heavy atom. The van der Waals surface area contributed by atoms with Crippen molar-refractivity contribution in [3.05, 3.63) is 18.2 Å². The lowest BCUT2D eigenvalue weighted by Crippen LogP contribution is -2.27. The van der Waals surface area contributed by atoms with Gasteiger partial charge >= 0.3 is 6.09 Å². The minimum Gasteiger partial charge on any atom is -0.508 e. The summed E-state index contributed by atoms with van der Waals surface area (Å²) in [5.74, 6) is 1.03. The number of phenols is 1. The van der Waals surface area contributed by atoms with Crippen LogP contribution in [-0.4, -0.2) is 22.6 Å².